The average Bonchev–Trinajstić information content (AvgIpc) is 2.87. The molecule has 2 aliphatic carbocycles. The van der Waals surface area contributed by atoms with Crippen molar-refractivity contribution in [3.63, 3.8) is 0 Å². The Morgan fingerprint density at radius 3 is 1.91 bits per heavy atom. The van der Waals surface area contributed by atoms with Crippen molar-refractivity contribution in [3.8, 4) is 5.75 Å². The second-order valence-electron chi connectivity index (χ2n) is 13.7. The van der Waals surface area contributed by atoms with E-state index in [1.807, 2.05) is 32.0 Å². The molecule has 228 valence electrons. The lowest BCUT2D eigenvalue weighted by Gasteiger charge is -2.49. The van der Waals surface area contributed by atoms with Crippen LogP contribution in [0.25, 0.3) is 0 Å². The number of allylic oxidation sites excluding steroid dienone is 4. The Balaban J connectivity index is 1.51. The fourth-order valence-electron chi connectivity index (χ4n) is 6.80. The number of anilines is 1. The molecule has 3 aliphatic rings. The number of amides is 1. The molecule has 5 rings (SSSR count). The summed E-state index contributed by atoms with van der Waals surface area (Å²) < 4.78 is 5.80. The van der Waals surface area contributed by atoms with Gasteiger partial charge in [-0.25, -0.2) is 0 Å². The average molecular weight is 624 g/mol. The number of carbonyl (C=O) groups is 3. The van der Waals surface area contributed by atoms with Gasteiger partial charge in [0.05, 0.1) is 10.0 Å². The van der Waals surface area contributed by atoms with E-state index in [0.29, 0.717) is 41.8 Å². The highest BCUT2D eigenvalue weighted by atomic mass is 35.5. The monoisotopic (exact) mass is 622 g/mol. The maximum Gasteiger partial charge on any atom is 0.262 e. The molecule has 0 saturated carbocycles. The fraction of sp³-hybridized carbons (Fsp3) is 0.457. The van der Waals surface area contributed by atoms with Gasteiger partial charge in [-0.15, -0.1) is 0 Å². The Bertz CT molecular complexity index is 1520. The quantitative estimate of drug-likeness (QED) is 0.350. The first-order chi connectivity index (χ1) is 20.1. The van der Waals surface area contributed by atoms with Gasteiger partial charge in [-0.05, 0) is 85.4 Å². The second-order valence-corrected chi connectivity index (χ2v) is 14.5. The molecule has 2 aromatic carbocycles. The standard InChI is InChI=1S/C35H40Cl2N2O4/c1-8-39-25-14-34(4,5)16-27(40)31(25)30(32-26(39)15-35(6,7)17-28(32)41)21-12-23(36)33(24(37)13-21)43-18-29(42)38-22-10-9-19(2)20(3)11-22/h9-13,30H,8,14-18H2,1-7H3,(H,38,42). The SMILES string of the molecule is CCN1C2=C(C(=O)CC(C)(C)C2)C(c2cc(Cl)c(OCC(=O)Nc3ccc(C)c(C)c3)c(Cl)c2)C2=C1CC(C)(C)CC2=O. The topological polar surface area (TPSA) is 75.7 Å². The molecular weight excluding hydrogens is 583 g/mol. The van der Waals surface area contributed by atoms with Crippen LogP contribution in [0.15, 0.2) is 52.9 Å². The fourth-order valence-corrected chi connectivity index (χ4v) is 7.41. The van der Waals surface area contributed by atoms with E-state index >= 15 is 0 Å². The van der Waals surface area contributed by atoms with Crippen molar-refractivity contribution in [3.05, 3.63) is 79.6 Å². The van der Waals surface area contributed by atoms with Gasteiger partial charge in [-0.3, -0.25) is 14.4 Å². The van der Waals surface area contributed by atoms with Gasteiger partial charge in [-0.1, -0.05) is 57.0 Å². The number of ketones is 2. The smallest absolute Gasteiger partial charge is 0.262 e. The van der Waals surface area contributed by atoms with Crippen LogP contribution in [0.2, 0.25) is 10.0 Å². The number of nitrogens with zero attached hydrogens (tertiary/aromatic N) is 1. The molecule has 1 N–H and O–H groups in total. The van der Waals surface area contributed by atoms with Crippen LogP contribution in [0.4, 0.5) is 5.69 Å². The first kappa shape index (κ1) is 31.3. The number of rotatable bonds is 6. The summed E-state index contributed by atoms with van der Waals surface area (Å²) in [5, 5.41) is 3.27. The number of carbonyl (C=O) groups excluding carboxylic acids is 3. The van der Waals surface area contributed by atoms with Gasteiger partial charge in [0, 0.05) is 53.5 Å². The number of hydrogen-bond acceptors (Lipinski definition) is 5. The van der Waals surface area contributed by atoms with Gasteiger partial charge < -0.3 is 15.0 Å². The molecule has 43 heavy (non-hydrogen) atoms. The van der Waals surface area contributed by atoms with Gasteiger partial charge in [0.15, 0.2) is 23.9 Å². The molecule has 8 heteroatoms. The van der Waals surface area contributed by atoms with Crippen LogP contribution >= 0.6 is 23.2 Å². The van der Waals surface area contributed by atoms with Crippen LogP contribution < -0.4 is 10.1 Å². The molecule has 0 radical (unpaired) electrons. The Labute approximate surface area is 264 Å². The first-order valence-corrected chi connectivity index (χ1v) is 15.7. The molecule has 0 spiro atoms. The van der Waals surface area contributed by atoms with E-state index in [0.717, 1.165) is 35.4 Å². The Morgan fingerprint density at radius 2 is 1.42 bits per heavy atom. The third-order valence-electron chi connectivity index (χ3n) is 8.83. The van der Waals surface area contributed by atoms with E-state index < -0.39 is 5.92 Å². The van der Waals surface area contributed by atoms with Gasteiger partial charge in [-0.2, -0.15) is 0 Å². The molecule has 2 aromatic rings. The predicted molar refractivity (Wildman–Crippen MR) is 172 cm³/mol. The molecule has 0 atom stereocenters. The van der Waals surface area contributed by atoms with E-state index in [4.69, 9.17) is 27.9 Å². The molecule has 0 saturated heterocycles. The maximum absolute atomic E-state index is 13.8. The van der Waals surface area contributed by atoms with Crippen LogP contribution in [0.5, 0.6) is 5.75 Å². The van der Waals surface area contributed by atoms with E-state index in [2.05, 4.69) is 44.8 Å². The van der Waals surface area contributed by atoms with Crippen molar-refractivity contribution in [1.82, 2.24) is 4.90 Å². The highest BCUT2D eigenvalue weighted by Crippen LogP contribution is 2.55. The molecule has 0 aromatic heterocycles. The van der Waals surface area contributed by atoms with Crippen molar-refractivity contribution in [2.45, 2.75) is 80.1 Å². The summed E-state index contributed by atoms with van der Waals surface area (Å²) in [5.74, 6) is -0.619. The molecule has 0 bridgehead atoms. The largest absolute Gasteiger partial charge is 0.481 e. The van der Waals surface area contributed by atoms with Crippen LogP contribution in [-0.2, 0) is 14.4 Å². The van der Waals surface area contributed by atoms with Crippen LogP contribution in [-0.4, -0.2) is 35.5 Å². The van der Waals surface area contributed by atoms with E-state index in [1.54, 1.807) is 12.1 Å². The summed E-state index contributed by atoms with van der Waals surface area (Å²) >= 11 is 13.5. The summed E-state index contributed by atoms with van der Waals surface area (Å²) in [6.45, 7) is 14.9. The Hall–Kier alpha value is -3.09. The van der Waals surface area contributed by atoms with Crippen molar-refractivity contribution >= 4 is 46.4 Å². The number of aryl methyl sites for hydroxylation is 2. The lowest BCUT2D eigenvalue weighted by Crippen LogP contribution is -2.44. The summed E-state index contributed by atoms with van der Waals surface area (Å²) in [5.41, 5.74) is 6.51. The summed E-state index contributed by atoms with van der Waals surface area (Å²) in [4.78, 5) is 42.6. The number of nitrogens with one attached hydrogen (secondary N) is 1. The zero-order chi connectivity index (χ0) is 31.4. The second kappa shape index (κ2) is 11.4. The van der Waals surface area contributed by atoms with E-state index in [1.165, 1.54) is 0 Å². The molecular formula is C35H40Cl2N2O4. The van der Waals surface area contributed by atoms with E-state index in [9.17, 15) is 14.4 Å². The van der Waals surface area contributed by atoms with Crippen molar-refractivity contribution in [1.29, 1.82) is 0 Å². The zero-order valence-electron chi connectivity index (χ0n) is 26.0. The van der Waals surface area contributed by atoms with Crippen molar-refractivity contribution in [2.75, 3.05) is 18.5 Å². The Morgan fingerprint density at radius 1 is 0.884 bits per heavy atom. The third kappa shape index (κ3) is 6.14. The number of halogens is 2. The highest BCUT2D eigenvalue weighted by molar-refractivity contribution is 6.37. The lowest BCUT2D eigenvalue weighted by atomic mass is 9.63. The molecule has 6 nitrogen and oxygen atoms in total. The third-order valence-corrected chi connectivity index (χ3v) is 9.39. The van der Waals surface area contributed by atoms with Crippen LogP contribution in [0, 0.1) is 24.7 Å². The molecule has 0 fully saturated rings. The number of ether oxygens (including phenoxy) is 1. The minimum atomic E-state index is -0.558. The normalized spacial score (nSPS) is 19.8. The van der Waals surface area contributed by atoms with Gasteiger partial charge in [0.2, 0.25) is 0 Å². The zero-order valence-corrected chi connectivity index (χ0v) is 27.6. The van der Waals surface area contributed by atoms with Crippen molar-refractivity contribution in [2.24, 2.45) is 10.8 Å². The first-order valence-electron chi connectivity index (χ1n) is 14.9. The molecule has 1 heterocycles. The van der Waals surface area contributed by atoms with Gasteiger partial charge in [0.25, 0.3) is 5.91 Å². The number of Topliss-reactive ketones (excluding diaryl/α,β-unsaturated/α-hetero) is 2. The van der Waals surface area contributed by atoms with Crippen LogP contribution in [0.3, 0.4) is 0 Å². The number of hydrogen-bond donors (Lipinski definition) is 1. The van der Waals surface area contributed by atoms with Gasteiger partial charge >= 0.3 is 0 Å². The minimum Gasteiger partial charge on any atom is -0.481 e. The van der Waals surface area contributed by atoms with Crippen LogP contribution in [0.1, 0.15) is 82.9 Å². The summed E-state index contributed by atoms with van der Waals surface area (Å²) in [6, 6.07) is 9.14. The minimum absolute atomic E-state index is 0.0504. The predicted octanol–water partition coefficient (Wildman–Crippen LogP) is 8.33. The van der Waals surface area contributed by atoms with E-state index in [-0.39, 0.29) is 50.7 Å². The summed E-state index contributed by atoms with van der Waals surface area (Å²) in [6.07, 6.45) is 2.28. The Kier molecular flexibility index (Phi) is 8.34. The van der Waals surface area contributed by atoms with Gasteiger partial charge in [0.1, 0.15) is 0 Å². The summed E-state index contributed by atoms with van der Waals surface area (Å²) in [7, 11) is 0. The number of benzene rings is 2. The highest BCUT2D eigenvalue weighted by Gasteiger charge is 2.48. The van der Waals surface area contributed by atoms with Crippen molar-refractivity contribution < 1.29 is 19.1 Å². The lowest BCUT2D eigenvalue weighted by molar-refractivity contribution is -0.120. The molecule has 1 amide bonds. The maximum atomic E-state index is 13.8. The molecule has 0 unspecified atom stereocenters. The molecule has 1 aliphatic heterocycles.